The zero-order chi connectivity index (χ0) is 10.7. The van der Waals surface area contributed by atoms with Crippen molar-refractivity contribution in [3.63, 3.8) is 0 Å². The molecule has 4 heteroatoms. The van der Waals surface area contributed by atoms with Crippen LogP contribution in [0.3, 0.4) is 0 Å². The van der Waals surface area contributed by atoms with Crippen LogP contribution in [0.15, 0.2) is 12.1 Å². The van der Waals surface area contributed by atoms with E-state index in [2.05, 4.69) is 0 Å². The Morgan fingerprint density at radius 1 is 1.43 bits per heavy atom. The van der Waals surface area contributed by atoms with Crippen LogP contribution in [0.5, 0.6) is 5.75 Å². The predicted molar refractivity (Wildman–Crippen MR) is 50.1 cm³/mol. The van der Waals surface area contributed by atoms with Gasteiger partial charge in [0.05, 0.1) is 7.11 Å². The zero-order valence-corrected chi connectivity index (χ0v) is 8.18. The van der Waals surface area contributed by atoms with Crippen molar-refractivity contribution in [1.82, 2.24) is 0 Å². The normalized spacial score (nSPS) is 12.6. The van der Waals surface area contributed by atoms with Crippen LogP contribution in [0, 0.1) is 11.6 Å². The number of nitrogens with two attached hydrogens (primary N) is 1. The molecule has 0 fully saturated rings. The van der Waals surface area contributed by atoms with Crippen molar-refractivity contribution in [2.75, 3.05) is 7.11 Å². The number of hydrogen-bond acceptors (Lipinski definition) is 2. The summed E-state index contributed by atoms with van der Waals surface area (Å²) in [7, 11) is 1.33. The quantitative estimate of drug-likeness (QED) is 0.814. The van der Waals surface area contributed by atoms with Crippen molar-refractivity contribution in [1.29, 1.82) is 0 Å². The number of hydrogen-bond donors (Lipinski definition) is 1. The Labute approximate surface area is 81.7 Å². The summed E-state index contributed by atoms with van der Waals surface area (Å²) in [6.07, 6.45) is 0.473. The van der Waals surface area contributed by atoms with Gasteiger partial charge >= 0.3 is 0 Å². The lowest BCUT2D eigenvalue weighted by molar-refractivity contribution is 0.377. The van der Waals surface area contributed by atoms with Crippen LogP contribution in [0.25, 0.3) is 0 Å². The molecule has 0 radical (unpaired) electrons. The molecule has 0 saturated carbocycles. The van der Waals surface area contributed by atoms with Gasteiger partial charge in [0.2, 0.25) is 0 Å². The highest BCUT2D eigenvalue weighted by Gasteiger charge is 2.18. The van der Waals surface area contributed by atoms with Crippen LogP contribution in [-0.2, 0) is 0 Å². The summed E-state index contributed by atoms with van der Waals surface area (Å²) in [4.78, 5) is 0. The molecule has 1 aromatic rings. The van der Waals surface area contributed by atoms with Gasteiger partial charge in [-0.3, -0.25) is 0 Å². The van der Waals surface area contributed by atoms with E-state index in [0.717, 1.165) is 6.07 Å². The van der Waals surface area contributed by atoms with Gasteiger partial charge in [-0.1, -0.05) is 6.92 Å². The average molecular weight is 201 g/mol. The Hall–Kier alpha value is -1.16. The molecule has 0 aromatic heterocycles. The van der Waals surface area contributed by atoms with E-state index in [0.29, 0.717) is 6.42 Å². The molecule has 0 aliphatic rings. The third-order valence-corrected chi connectivity index (χ3v) is 2.12. The summed E-state index contributed by atoms with van der Waals surface area (Å²) in [5, 5.41) is 0. The van der Waals surface area contributed by atoms with Gasteiger partial charge in [0.25, 0.3) is 0 Å². The Balaban J connectivity index is 3.25. The minimum absolute atomic E-state index is 0.0188. The van der Waals surface area contributed by atoms with Gasteiger partial charge in [-0.2, -0.15) is 0 Å². The molecule has 0 heterocycles. The minimum Gasteiger partial charge on any atom is -0.494 e. The number of rotatable bonds is 3. The molecular formula is C10H13F2NO. The molecule has 1 rings (SSSR count). The topological polar surface area (TPSA) is 35.2 Å². The van der Waals surface area contributed by atoms with E-state index in [9.17, 15) is 8.78 Å². The Bertz CT molecular complexity index is 328. The Morgan fingerprint density at radius 3 is 2.57 bits per heavy atom. The summed E-state index contributed by atoms with van der Waals surface area (Å²) in [6, 6.07) is 1.77. The molecule has 0 bridgehead atoms. The van der Waals surface area contributed by atoms with Crippen molar-refractivity contribution in [3.05, 3.63) is 29.3 Å². The first-order valence-electron chi connectivity index (χ1n) is 4.39. The second-order valence-corrected chi connectivity index (χ2v) is 2.99. The van der Waals surface area contributed by atoms with Crippen LogP contribution >= 0.6 is 0 Å². The minimum atomic E-state index is -0.707. The Morgan fingerprint density at radius 2 is 2.07 bits per heavy atom. The van der Waals surface area contributed by atoms with Gasteiger partial charge in [0.15, 0.2) is 11.6 Å². The number of methoxy groups -OCH3 is 1. The maximum absolute atomic E-state index is 13.5. The first kappa shape index (κ1) is 10.9. The molecule has 1 aromatic carbocycles. The zero-order valence-electron chi connectivity index (χ0n) is 8.18. The van der Waals surface area contributed by atoms with Gasteiger partial charge in [-0.15, -0.1) is 0 Å². The molecule has 0 unspecified atom stereocenters. The largest absolute Gasteiger partial charge is 0.494 e. The fourth-order valence-electron chi connectivity index (χ4n) is 1.25. The standard InChI is InChI=1S/C10H13F2NO/c1-3-7(13)9-6(11)4-5-8(14-2)10(9)12/h4-5,7H,3,13H2,1-2H3/t7-/m1/s1. The highest BCUT2D eigenvalue weighted by atomic mass is 19.1. The molecule has 14 heavy (non-hydrogen) atoms. The van der Waals surface area contributed by atoms with E-state index < -0.39 is 17.7 Å². The van der Waals surface area contributed by atoms with Gasteiger partial charge in [-0.25, -0.2) is 8.78 Å². The van der Waals surface area contributed by atoms with E-state index in [1.807, 2.05) is 0 Å². The highest BCUT2D eigenvalue weighted by Crippen LogP contribution is 2.27. The van der Waals surface area contributed by atoms with Gasteiger partial charge < -0.3 is 10.5 Å². The highest BCUT2D eigenvalue weighted by molar-refractivity contribution is 5.34. The predicted octanol–water partition coefficient (Wildman–Crippen LogP) is 2.38. The van der Waals surface area contributed by atoms with Crippen LogP contribution in [-0.4, -0.2) is 7.11 Å². The lowest BCUT2D eigenvalue weighted by Gasteiger charge is -2.13. The van der Waals surface area contributed by atoms with Crippen molar-refractivity contribution >= 4 is 0 Å². The van der Waals surface area contributed by atoms with Crippen molar-refractivity contribution in [2.45, 2.75) is 19.4 Å². The van der Waals surface area contributed by atoms with E-state index in [4.69, 9.17) is 10.5 Å². The molecular weight excluding hydrogens is 188 g/mol. The summed E-state index contributed by atoms with van der Waals surface area (Å²) in [5.41, 5.74) is 5.48. The lowest BCUT2D eigenvalue weighted by atomic mass is 10.0. The van der Waals surface area contributed by atoms with Gasteiger partial charge in [0.1, 0.15) is 5.82 Å². The summed E-state index contributed by atoms with van der Waals surface area (Å²) < 4.78 is 31.5. The summed E-state index contributed by atoms with van der Waals surface area (Å²) in [5.74, 6) is -1.31. The third-order valence-electron chi connectivity index (χ3n) is 2.12. The second-order valence-electron chi connectivity index (χ2n) is 2.99. The molecule has 0 saturated heterocycles. The number of halogens is 2. The van der Waals surface area contributed by atoms with Crippen LogP contribution < -0.4 is 10.5 Å². The smallest absolute Gasteiger partial charge is 0.172 e. The molecule has 78 valence electrons. The summed E-state index contributed by atoms with van der Waals surface area (Å²) >= 11 is 0. The molecule has 1 atom stereocenters. The van der Waals surface area contributed by atoms with Crippen molar-refractivity contribution in [2.24, 2.45) is 5.73 Å². The average Bonchev–Trinajstić information content (AvgIpc) is 2.18. The fourth-order valence-corrected chi connectivity index (χ4v) is 1.25. The van der Waals surface area contributed by atoms with Crippen molar-refractivity contribution in [3.8, 4) is 5.75 Å². The van der Waals surface area contributed by atoms with Crippen LogP contribution in [0.1, 0.15) is 24.9 Å². The molecule has 0 amide bonds. The molecule has 2 N–H and O–H groups in total. The van der Waals surface area contributed by atoms with Gasteiger partial charge in [0, 0.05) is 11.6 Å². The molecule has 0 aliphatic carbocycles. The molecule has 0 spiro atoms. The van der Waals surface area contributed by atoms with Gasteiger partial charge in [-0.05, 0) is 18.6 Å². The number of benzene rings is 1. The maximum atomic E-state index is 13.5. The molecule has 0 aliphatic heterocycles. The van der Waals surface area contributed by atoms with Crippen LogP contribution in [0.4, 0.5) is 8.78 Å². The van der Waals surface area contributed by atoms with E-state index in [1.165, 1.54) is 13.2 Å². The Kier molecular flexibility index (Phi) is 3.41. The first-order chi connectivity index (χ1) is 6.61. The van der Waals surface area contributed by atoms with Crippen LogP contribution in [0.2, 0.25) is 0 Å². The van der Waals surface area contributed by atoms with Crippen molar-refractivity contribution < 1.29 is 13.5 Å². The number of ether oxygens (including phenoxy) is 1. The third kappa shape index (κ3) is 1.85. The summed E-state index contributed by atoms with van der Waals surface area (Å²) in [6.45, 7) is 1.77. The SMILES string of the molecule is CC[C@@H](N)c1c(F)ccc(OC)c1F. The second kappa shape index (κ2) is 4.37. The monoisotopic (exact) mass is 201 g/mol. The molecule has 2 nitrogen and oxygen atoms in total. The van der Waals surface area contributed by atoms with E-state index >= 15 is 0 Å². The lowest BCUT2D eigenvalue weighted by Crippen LogP contribution is -2.13. The van der Waals surface area contributed by atoms with E-state index in [-0.39, 0.29) is 11.3 Å². The first-order valence-corrected chi connectivity index (χ1v) is 4.39. The fraction of sp³-hybridized carbons (Fsp3) is 0.400. The maximum Gasteiger partial charge on any atom is 0.172 e. The van der Waals surface area contributed by atoms with E-state index in [1.54, 1.807) is 6.92 Å².